The molecule has 0 saturated carbocycles. The Bertz CT molecular complexity index is 1020. The van der Waals surface area contributed by atoms with Gasteiger partial charge in [-0.15, -0.1) is 0 Å². The number of furan rings is 1. The SMILES string of the molecule is Cn1cccc1C(=O)N1C[C@H]2CN(C(=O)c3ccoc3)[C@H](c3ccccc3)[C@H]2C1. The monoisotopic (exact) mass is 389 g/mol. The summed E-state index contributed by atoms with van der Waals surface area (Å²) in [5, 5.41) is 0. The van der Waals surface area contributed by atoms with E-state index in [2.05, 4.69) is 12.1 Å². The molecule has 2 aromatic heterocycles. The molecule has 0 unspecified atom stereocenters. The van der Waals surface area contributed by atoms with Crippen molar-refractivity contribution in [1.29, 1.82) is 0 Å². The lowest BCUT2D eigenvalue weighted by atomic mass is 9.89. The molecule has 0 spiro atoms. The average molecular weight is 389 g/mol. The van der Waals surface area contributed by atoms with E-state index in [1.807, 2.05) is 57.9 Å². The van der Waals surface area contributed by atoms with Crippen molar-refractivity contribution < 1.29 is 14.0 Å². The van der Waals surface area contributed by atoms with E-state index in [4.69, 9.17) is 4.42 Å². The summed E-state index contributed by atoms with van der Waals surface area (Å²) in [4.78, 5) is 30.1. The van der Waals surface area contributed by atoms with Crippen molar-refractivity contribution in [3.63, 3.8) is 0 Å². The van der Waals surface area contributed by atoms with Gasteiger partial charge in [0.2, 0.25) is 0 Å². The lowest BCUT2D eigenvalue weighted by molar-refractivity contribution is 0.0673. The first-order valence-electron chi connectivity index (χ1n) is 9.92. The highest BCUT2D eigenvalue weighted by atomic mass is 16.3. The van der Waals surface area contributed by atoms with Crippen molar-refractivity contribution in [1.82, 2.24) is 14.4 Å². The van der Waals surface area contributed by atoms with Gasteiger partial charge in [-0.1, -0.05) is 30.3 Å². The van der Waals surface area contributed by atoms with Crippen LogP contribution in [0.4, 0.5) is 0 Å². The number of hydrogen-bond acceptors (Lipinski definition) is 3. The summed E-state index contributed by atoms with van der Waals surface area (Å²) in [6, 6.07) is 15.6. The van der Waals surface area contributed by atoms with Gasteiger partial charge in [0.15, 0.2) is 0 Å². The first kappa shape index (κ1) is 17.8. The molecule has 3 atom stereocenters. The highest BCUT2D eigenvalue weighted by Crippen LogP contribution is 2.45. The number of amides is 2. The van der Waals surface area contributed by atoms with E-state index in [-0.39, 0.29) is 29.7 Å². The molecule has 2 aliphatic heterocycles. The third kappa shape index (κ3) is 2.95. The van der Waals surface area contributed by atoms with Gasteiger partial charge in [-0.05, 0) is 23.8 Å². The summed E-state index contributed by atoms with van der Waals surface area (Å²) in [7, 11) is 1.89. The predicted octanol–water partition coefficient (Wildman–Crippen LogP) is 3.20. The van der Waals surface area contributed by atoms with Crippen LogP contribution in [-0.2, 0) is 7.05 Å². The second-order valence-electron chi connectivity index (χ2n) is 7.96. The first-order valence-corrected chi connectivity index (χ1v) is 9.92. The molecule has 0 aliphatic carbocycles. The third-order valence-electron chi connectivity index (χ3n) is 6.28. The molecule has 0 N–H and O–H groups in total. The van der Waals surface area contributed by atoms with Crippen LogP contribution in [0.25, 0.3) is 0 Å². The van der Waals surface area contributed by atoms with E-state index in [0.29, 0.717) is 30.9 Å². The maximum Gasteiger partial charge on any atom is 0.270 e. The summed E-state index contributed by atoms with van der Waals surface area (Å²) in [5.41, 5.74) is 2.39. The Morgan fingerprint density at radius 3 is 2.48 bits per heavy atom. The van der Waals surface area contributed by atoms with E-state index < -0.39 is 0 Å². The van der Waals surface area contributed by atoms with Gasteiger partial charge in [-0.25, -0.2) is 0 Å². The highest BCUT2D eigenvalue weighted by molar-refractivity contribution is 5.95. The number of carbonyl (C=O) groups excluding carboxylic acids is 2. The Morgan fingerprint density at radius 1 is 0.966 bits per heavy atom. The molecule has 148 valence electrons. The second kappa shape index (κ2) is 6.95. The standard InChI is InChI=1S/C23H23N3O3/c1-24-10-5-8-20(24)23(28)25-12-18-13-26(22(27)17-9-11-29-15-17)21(19(18)14-25)16-6-3-2-4-7-16/h2-11,15,18-19,21H,12-14H2,1H3/t18-,19-,21+/m0/s1. The zero-order valence-corrected chi connectivity index (χ0v) is 16.3. The number of likely N-dealkylation sites (tertiary alicyclic amines) is 2. The topological polar surface area (TPSA) is 58.7 Å². The van der Waals surface area contributed by atoms with Gasteiger partial charge < -0.3 is 18.8 Å². The summed E-state index contributed by atoms with van der Waals surface area (Å²) in [6.07, 6.45) is 4.92. The third-order valence-corrected chi connectivity index (χ3v) is 6.28. The van der Waals surface area contributed by atoms with Crippen LogP contribution >= 0.6 is 0 Å². The average Bonchev–Trinajstić information content (AvgIpc) is 3.51. The van der Waals surface area contributed by atoms with Crippen molar-refractivity contribution in [2.75, 3.05) is 19.6 Å². The summed E-state index contributed by atoms with van der Waals surface area (Å²) >= 11 is 0. The lowest BCUT2D eigenvalue weighted by Gasteiger charge is -2.29. The largest absolute Gasteiger partial charge is 0.472 e. The van der Waals surface area contributed by atoms with Crippen LogP contribution in [0.5, 0.6) is 0 Å². The molecule has 6 heteroatoms. The molecule has 0 bridgehead atoms. The fraction of sp³-hybridized carbons (Fsp3) is 0.304. The second-order valence-corrected chi connectivity index (χ2v) is 7.96. The quantitative estimate of drug-likeness (QED) is 0.691. The number of benzene rings is 1. The number of aromatic nitrogens is 1. The van der Waals surface area contributed by atoms with E-state index in [1.54, 1.807) is 6.07 Å². The van der Waals surface area contributed by atoms with Crippen molar-refractivity contribution in [2.24, 2.45) is 18.9 Å². The molecule has 5 rings (SSSR count). The normalized spacial score (nSPS) is 23.4. The molecule has 1 aromatic carbocycles. The zero-order valence-electron chi connectivity index (χ0n) is 16.3. The smallest absolute Gasteiger partial charge is 0.270 e. The molecular weight excluding hydrogens is 366 g/mol. The van der Waals surface area contributed by atoms with Crippen LogP contribution in [0.15, 0.2) is 71.7 Å². The zero-order chi connectivity index (χ0) is 20.0. The van der Waals surface area contributed by atoms with Crippen molar-refractivity contribution in [3.8, 4) is 0 Å². The molecule has 3 aromatic rings. The van der Waals surface area contributed by atoms with E-state index >= 15 is 0 Å². The van der Waals surface area contributed by atoms with Crippen LogP contribution < -0.4 is 0 Å². The Kier molecular flexibility index (Phi) is 4.27. The maximum absolute atomic E-state index is 13.2. The predicted molar refractivity (Wildman–Crippen MR) is 107 cm³/mol. The first-order chi connectivity index (χ1) is 14.1. The fourth-order valence-electron chi connectivity index (χ4n) is 4.89. The summed E-state index contributed by atoms with van der Waals surface area (Å²) in [6.45, 7) is 1.97. The Labute approximate surface area is 169 Å². The van der Waals surface area contributed by atoms with Crippen LogP contribution in [0.2, 0.25) is 0 Å². The molecule has 2 amide bonds. The van der Waals surface area contributed by atoms with Crippen LogP contribution in [0.1, 0.15) is 32.5 Å². The molecule has 29 heavy (non-hydrogen) atoms. The van der Waals surface area contributed by atoms with Gasteiger partial charge in [-0.2, -0.15) is 0 Å². The molecule has 4 heterocycles. The molecule has 6 nitrogen and oxygen atoms in total. The summed E-state index contributed by atoms with van der Waals surface area (Å²) in [5.74, 6) is 0.534. The molecule has 0 radical (unpaired) electrons. The number of aryl methyl sites for hydroxylation is 1. The van der Waals surface area contributed by atoms with Crippen molar-refractivity contribution >= 4 is 11.8 Å². The molecule has 2 fully saturated rings. The number of nitrogens with zero attached hydrogens (tertiary/aromatic N) is 3. The van der Waals surface area contributed by atoms with Crippen LogP contribution in [0, 0.1) is 11.8 Å². The fourth-order valence-corrected chi connectivity index (χ4v) is 4.89. The van der Waals surface area contributed by atoms with Gasteiger partial charge in [0.25, 0.3) is 11.8 Å². The minimum atomic E-state index is -0.0465. The molecular formula is C23H23N3O3. The van der Waals surface area contributed by atoms with E-state index in [9.17, 15) is 9.59 Å². The van der Waals surface area contributed by atoms with Crippen LogP contribution in [0.3, 0.4) is 0 Å². The highest BCUT2D eigenvalue weighted by Gasteiger charge is 2.50. The summed E-state index contributed by atoms with van der Waals surface area (Å²) < 4.78 is 6.99. The van der Waals surface area contributed by atoms with Gasteiger partial charge in [0.05, 0.1) is 17.9 Å². The van der Waals surface area contributed by atoms with Gasteiger partial charge in [0, 0.05) is 44.7 Å². The van der Waals surface area contributed by atoms with Gasteiger partial charge in [-0.3, -0.25) is 9.59 Å². The molecule has 2 saturated heterocycles. The van der Waals surface area contributed by atoms with Gasteiger partial charge in [0.1, 0.15) is 12.0 Å². The van der Waals surface area contributed by atoms with Crippen molar-refractivity contribution in [2.45, 2.75) is 6.04 Å². The number of carbonyl (C=O) groups is 2. The maximum atomic E-state index is 13.2. The van der Waals surface area contributed by atoms with Crippen molar-refractivity contribution in [3.05, 3.63) is 84.1 Å². The number of fused-ring (bicyclic) bond motifs is 1. The van der Waals surface area contributed by atoms with E-state index in [0.717, 1.165) is 5.56 Å². The minimum Gasteiger partial charge on any atom is -0.472 e. The number of hydrogen-bond donors (Lipinski definition) is 0. The lowest BCUT2D eigenvalue weighted by Crippen LogP contribution is -2.37. The Morgan fingerprint density at radius 2 is 1.79 bits per heavy atom. The Hall–Kier alpha value is -3.28. The molecule has 2 aliphatic rings. The number of rotatable bonds is 3. The minimum absolute atomic E-state index is 0.0117. The van der Waals surface area contributed by atoms with Gasteiger partial charge >= 0.3 is 0 Å². The van der Waals surface area contributed by atoms with E-state index in [1.165, 1.54) is 12.5 Å². The Balaban J connectivity index is 1.44. The van der Waals surface area contributed by atoms with Crippen LogP contribution in [-0.4, -0.2) is 45.8 Å².